The maximum Gasteiger partial charge on any atom is 0.165 e. The zero-order chi connectivity index (χ0) is 12.1. The van der Waals surface area contributed by atoms with Crippen LogP contribution in [0.25, 0.3) is 0 Å². The molecule has 16 heavy (non-hydrogen) atoms. The van der Waals surface area contributed by atoms with Crippen molar-refractivity contribution in [1.82, 2.24) is 25.5 Å². The van der Waals surface area contributed by atoms with Crippen molar-refractivity contribution >= 4 is 10.8 Å². The van der Waals surface area contributed by atoms with Crippen molar-refractivity contribution < 1.29 is 4.21 Å². The molecular weight excluding hydrogens is 226 g/mol. The van der Waals surface area contributed by atoms with E-state index in [0.717, 1.165) is 5.82 Å². The van der Waals surface area contributed by atoms with E-state index in [1.165, 1.54) is 0 Å². The summed E-state index contributed by atoms with van der Waals surface area (Å²) < 4.78 is 12.9. The smallest absolute Gasteiger partial charge is 0.165 e. The number of tetrazole rings is 1. The topological polar surface area (TPSA) is 72.7 Å². The zero-order valence-electron chi connectivity index (χ0n) is 10.2. The van der Waals surface area contributed by atoms with Gasteiger partial charge in [-0.3, -0.25) is 4.21 Å². The summed E-state index contributed by atoms with van der Waals surface area (Å²) in [6.07, 6.45) is 1.69. The van der Waals surface area contributed by atoms with Crippen molar-refractivity contribution in [2.75, 3.05) is 12.0 Å². The van der Waals surface area contributed by atoms with E-state index < -0.39 is 10.8 Å². The maximum absolute atomic E-state index is 11.1. The Balaban J connectivity index is 2.65. The van der Waals surface area contributed by atoms with Crippen LogP contribution in [0.2, 0.25) is 0 Å². The highest BCUT2D eigenvalue weighted by Crippen LogP contribution is 2.07. The van der Waals surface area contributed by atoms with E-state index in [1.807, 2.05) is 6.92 Å². The highest BCUT2D eigenvalue weighted by atomic mass is 32.2. The van der Waals surface area contributed by atoms with Crippen LogP contribution in [0, 0.1) is 0 Å². The molecule has 1 heterocycles. The van der Waals surface area contributed by atoms with Crippen molar-refractivity contribution in [3.63, 3.8) is 0 Å². The fourth-order valence-electron chi connectivity index (χ4n) is 1.38. The first-order valence-corrected chi connectivity index (χ1v) is 7.03. The lowest BCUT2D eigenvalue weighted by atomic mass is 10.3. The van der Waals surface area contributed by atoms with Gasteiger partial charge in [-0.1, -0.05) is 13.8 Å². The van der Waals surface area contributed by atoms with Crippen molar-refractivity contribution in [2.24, 2.45) is 0 Å². The van der Waals surface area contributed by atoms with E-state index in [4.69, 9.17) is 0 Å². The van der Waals surface area contributed by atoms with E-state index in [2.05, 4.69) is 34.7 Å². The highest BCUT2D eigenvalue weighted by molar-refractivity contribution is 7.84. The summed E-state index contributed by atoms with van der Waals surface area (Å²) in [5.74, 6) is 1.35. The van der Waals surface area contributed by atoms with Crippen molar-refractivity contribution in [2.45, 2.75) is 39.4 Å². The first kappa shape index (κ1) is 13.2. The Hall–Kier alpha value is -0.820. The second kappa shape index (κ2) is 6.05. The van der Waals surface area contributed by atoms with Gasteiger partial charge in [-0.05, 0) is 17.4 Å². The van der Waals surface area contributed by atoms with Gasteiger partial charge < -0.3 is 5.32 Å². The lowest BCUT2D eigenvalue weighted by Crippen LogP contribution is -2.26. The summed E-state index contributed by atoms with van der Waals surface area (Å²) in [5, 5.41) is 14.8. The molecule has 1 rings (SSSR count). The molecule has 0 aromatic carbocycles. The van der Waals surface area contributed by atoms with E-state index in [0.29, 0.717) is 18.3 Å². The van der Waals surface area contributed by atoms with Gasteiger partial charge in [0.05, 0.1) is 12.6 Å². The average molecular weight is 245 g/mol. The van der Waals surface area contributed by atoms with Crippen LogP contribution >= 0.6 is 0 Å². The average Bonchev–Trinajstić information content (AvgIpc) is 2.61. The van der Waals surface area contributed by atoms with Gasteiger partial charge in [0.15, 0.2) is 5.82 Å². The third-order valence-corrected chi connectivity index (χ3v) is 3.07. The minimum absolute atomic E-state index is 0.0600. The van der Waals surface area contributed by atoms with Gasteiger partial charge in [0.1, 0.15) is 0 Å². The van der Waals surface area contributed by atoms with Gasteiger partial charge in [0.2, 0.25) is 0 Å². The van der Waals surface area contributed by atoms with Crippen LogP contribution in [-0.4, -0.2) is 42.5 Å². The Morgan fingerprint density at radius 1 is 1.44 bits per heavy atom. The fraction of sp³-hybridized carbons (Fsp3) is 0.889. The summed E-state index contributed by atoms with van der Waals surface area (Å²) in [6.45, 7) is 6.74. The van der Waals surface area contributed by atoms with Gasteiger partial charge in [-0.25, -0.2) is 4.68 Å². The molecule has 0 saturated carbocycles. The van der Waals surface area contributed by atoms with Crippen LogP contribution in [0.15, 0.2) is 0 Å². The van der Waals surface area contributed by atoms with Gasteiger partial charge >= 0.3 is 0 Å². The number of nitrogens with one attached hydrogen (secondary N) is 1. The first-order chi connectivity index (χ1) is 7.50. The monoisotopic (exact) mass is 245 g/mol. The molecule has 0 aliphatic rings. The van der Waals surface area contributed by atoms with Gasteiger partial charge in [0, 0.05) is 28.9 Å². The van der Waals surface area contributed by atoms with Crippen LogP contribution in [0.5, 0.6) is 0 Å². The summed E-state index contributed by atoms with van der Waals surface area (Å²) in [5.41, 5.74) is 0. The van der Waals surface area contributed by atoms with Crippen LogP contribution in [0.3, 0.4) is 0 Å². The summed E-state index contributed by atoms with van der Waals surface area (Å²) in [7, 11) is -0.838. The molecule has 0 bridgehead atoms. The minimum Gasteiger partial charge on any atom is -0.308 e. The fourth-order valence-corrected chi connectivity index (χ4v) is 2.20. The number of nitrogens with zero attached hydrogens (tertiary/aromatic N) is 4. The quantitative estimate of drug-likeness (QED) is 0.770. The number of hydrogen-bond acceptors (Lipinski definition) is 5. The Morgan fingerprint density at radius 2 is 2.12 bits per heavy atom. The summed E-state index contributed by atoms with van der Waals surface area (Å²) in [6, 6.07) is 0.450. The van der Waals surface area contributed by atoms with Crippen LogP contribution in [0.4, 0.5) is 0 Å². The molecule has 0 spiro atoms. The largest absolute Gasteiger partial charge is 0.308 e. The Bertz CT molecular complexity index is 351. The van der Waals surface area contributed by atoms with Crippen molar-refractivity contribution in [1.29, 1.82) is 0 Å². The lowest BCUT2D eigenvalue weighted by molar-refractivity contribution is 0.473. The Kier molecular flexibility index (Phi) is 5.01. The number of rotatable bonds is 6. The molecule has 6 nitrogen and oxygen atoms in total. The van der Waals surface area contributed by atoms with Crippen LogP contribution in [0.1, 0.15) is 32.6 Å². The van der Waals surface area contributed by atoms with E-state index >= 15 is 0 Å². The third kappa shape index (κ3) is 3.97. The van der Waals surface area contributed by atoms with Gasteiger partial charge in [0.25, 0.3) is 0 Å². The molecule has 0 aliphatic heterocycles. The second-order valence-electron chi connectivity index (χ2n) is 4.16. The summed E-state index contributed by atoms with van der Waals surface area (Å²) >= 11 is 0. The second-order valence-corrected chi connectivity index (χ2v) is 5.64. The molecule has 1 aromatic rings. The molecular formula is C9H19N5OS. The highest BCUT2D eigenvalue weighted by Gasteiger charge is 2.14. The first-order valence-electron chi connectivity index (χ1n) is 5.31. The number of hydrogen-bond donors (Lipinski definition) is 1. The van der Waals surface area contributed by atoms with Crippen LogP contribution in [-0.2, 0) is 17.3 Å². The molecule has 0 aliphatic carbocycles. The van der Waals surface area contributed by atoms with E-state index in [1.54, 1.807) is 10.9 Å². The Morgan fingerprint density at radius 3 is 2.69 bits per heavy atom. The molecule has 1 N–H and O–H groups in total. The van der Waals surface area contributed by atoms with Crippen molar-refractivity contribution in [3.05, 3.63) is 5.82 Å². The molecule has 0 radical (unpaired) electrons. The summed E-state index contributed by atoms with van der Waals surface area (Å²) in [4.78, 5) is 0. The van der Waals surface area contributed by atoms with Crippen molar-refractivity contribution in [3.8, 4) is 0 Å². The molecule has 7 heteroatoms. The standard InChI is InChI=1S/C9H19N5OS/c1-7(2)10-5-9-11-12-13-14(9)8(3)6-16(4)15/h7-8,10H,5-6H2,1-4H3. The lowest BCUT2D eigenvalue weighted by Gasteiger charge is -2.13. The molecule has 0 saturated heterocycles. The SMILES string of the molecule is CC(C)NCc1nnnn1C(C)CS(C)=O. The minimum atomic E-state index is -0.838. The molecule has 2 unspecified atom stereocenters. The maximum atomic E-state index is 11.1. The van der Waals surface area contributed by atoms with E-state index in [9.17, 15) is 4.21 Å². The Labute approximate surface area is 98.3 Å². The molecule has 0 amide bonds. The molecule has 1 aromatic heterocycles. The van der Waals surface area contributed by atoms with Gasteiger partial charge in [-0.15, -0.1) is 5.10 Å². The van der Waals surface area contributed by atoms with Gasteiger partial charge in [-0.2, -0.15) is 0 Å². The van der Waals surface area contributed by atoms with Crippen LogP contribution < -0.4 is 5.32 Å². The third-order valence-electron chi connectivity index (χ3n) is 2.12. The normalized spacial score (nSPS) is 15.3. The predicted octanol–water partition coefficient (Wildman–Crippen LogP) is 0.111. The molecule has 0 fully saturated rings. The zero-order valence-corrected chi connectivity index (χ0v) is 11.0. The van der Waals surface area contributed by atoms with E-state index in [-0.39, 0.29) is 6.04 Å². The molecule has 2 atom stereocenters. The number of aromatic nitrogens is 4. The predicted molar refractivity (Wildman–Crippen MR) is 63.4 cm³/mol. The molecule has 92 valence electrons.